The Morgan fingerprint density at radius 1 is 1.37 bits per heavy atom. The molecule has 0 saturated heterocycles. The maximum Gasteiger partial charge on any atom is 0.215 e. The number of aliphatic hydroxyl groups is 1. The molecule has 0 unspecified atom stereocenters. The summed E-state index contributed by atoms with van der Waals surface area (Å²) in [5, 5.41) is 17.2. The van der Waals surface area contributed by atoms with Crippen LogP contribution >= 0.6 is 0 Å². The number of nitrogens with zero attached hydrogens (tertiary/aromatic N) is 1. The highest BCUT2D eigenvalue weighted by Crippen LogP contribution is 2.07. The van der Waals surface area contributed by atoms with Gasteiger partial charge in [-0.2, -0.15) is 5.26 Å². The number of nitriles is 1. The predicted molar refractivity (Wildman–Crippen MR) is 69.7 cm³/mol. The van der Waals surface area contributed by atoms with Gasteiger partial charge in [-0.3, -0.25) is 0 Å². The van der Waals surface area contributed by atoms with Crippen LogP contribution in [-0.4, -0.2) is 39.9 Å². The molecule has 0 saturated carbocycles. The average Bonchev–Trinajstić information content (AvgIpc) is 2.38. The van der Waals surface area contributed by atoms with E-state index >= 15 is 0 Å². The van der Waals surface area contributed by atoms with Crippen LogP contribution in [0, 0.1) is 11.3 Å². The first-order valence-electron chi connectivity index (χ1n) is 5.72. The number of hydrogen-bond acceptors (Lipinski definition) is 5. The van der Waals surface area contributed by atoms with Gasteiger partial charge in [0.25, 0.3) is 0 Å². The monoisotopic (exact) mass is 284 g/mol. The molecule has 0 aliphatic rings. The lowest BCUT2D eigenvalue weighted by atomic mass is 10.2. The normalized spacial score (nSPS) is 11.2. The first kappa shape index (κ1) is 15.6. The van der Waals surface area contributed by atoms with Gasteiger partial charge < -0.3 is 9.84 Å². The van der Waals surface area contributed by atoms with Gasteiger partial charge in [0.15, 0.2) is 0 Å². The zero-order chi connectivity index (χ0) is 14.1. The number of nitrogens with one attached hydrogen (secondary N) is 1. The van der Waals surface area contributed by atoms with Crippen molar-refractivity contribution in [2.24, 2.45) is 0 Å². The third-order valence-electron chi connectivity index (χ3n) is 2.22. The van der Waals surface area contributed by atoms with Crippen molar-refractivity contribution in [1.82, 2.24) is 4.72 Å². The maximum atomic E-state index is 11.7. The molecule has 104 valence electrons. The van der Waals surface area contributed by atoms with Crippen LogP contribution in [0.2, 0.25) is 0 Å². The van der Waals surface area contributed by atoms with E-state index < -0.39 is 10.0 Å². The molecular formula is C12H16N2O4S. The molecule has 0 radical (unpaired) electrons. The second-order valence-electron chi connectivity index (χ2n) is 3.80. The predicted octanol–water partition coefficient (Wildman–Crippen LogP) is -0.0134. The number of sulfonamides is 1. The minimum atomic E-state index is -3.45. The number of hydrogen-bond donors (Lipinski definition) is 2. The Hall–Kier alpha value is -1.46. The lowest BCUT2D eigenvalue weighted by Gasteiger charge is -2.07. The first-order valence-corrected chi connectivity index (χ1v) is 7.37. The Kier molecular flexibility index (Phi) is 6.45. The van der Waals surface area contributed by atoms with Crippen molar-refractivity contribution in [3.63, 3.8) is 0 Å². The molecule has 7 heteroatoms. The van der Waals surface area contributed by atoms with Crippen molar-refractivity contribution in [1.29, 1.82) is 5.26 Å². The van der Waals surface area contributed by atoms with Crippen molar-refractivity contribution in [3.8, 4) is 6.07 Å². The molecule has 0 aromatic heterocycles. The van der Waals surface area contributed by atoms with E-state index in [1.807, 2.05) is 6.07 Å². The minimum absolute atomic E-state index is 0.0896. The molecule has 0 heterocycles. The molecule has 0 atom stereocenters. The summed E-state index contributed by atoms with van der Waals surface area (Å²) in [4.78, 5) is 0. The van der Waals surface area contributed by atoms with Gasteiger partial charge in [-0.15, -0.1) is 0 Å². The lowest BCUT2D eigenvalue weighted by molar-refractivity contribution is 0.0961. The van der Waals surface area contributed by atoms with Crippen LogP contribution in [0.4, 0.5) is 0 Å². The number of rotatable bonds is 8. The molecule has 0 bridgehead atoms. The standard InChI is InChI=1S/C12H16N2O4S/c13-9-11-2-1-3-12(8-11)10-19(16,17)14-4-6-18-7-5-15/h1-3,8,14-15H,4-7,10H2. The highest BCUT2D eigenvalue weighted by molar-refractivity contribution is 7.88. The first-order chi connectivity index (χ1) is 9.07. The summed E-state index contributed by atoms with van der Waals surface area (Å²) in [7, 11) is -3.45. The van der Waals surface area contributed by atoms with Crippen LogP contribution < -0.4 is 4.72 Å². The van der Waals surface area contributed by atoms with E-state index in [0.717, 1.165) is 0 Å². The molecule has 6 nitrogen and oxygen atoms in total. The van der Waals surface area contributed by atoms with Gasteiger partial charge >= 0.3 is 0 Å². The Morgan fingerprint density at radius 3 is 2.84 bits per heavy atom. The highest BCUT2D eigenvalue weighted by Gasteiger charge is 2.11. The van der Waals surface area contributed by atoms with E-state index in [-0.39, 0.29) is 32.1 Å². The van der Waals surface area contributed by atoms with Gasteiger partial charge in [-0.05, 0) is 17.7 Å². The van der Waals surface area contributed by atoms with Crippen molar-refractivity contribution in [2.75, 3.05) is 26.4 Å². The third-order valence-corrected chi connectivity index (χ3v) is 3.57. The van der Waals surface area contributed by atoms with Crippen molar-refractivity contribution in [2.45, 2.75) is 5.75 Å². The van der Waals surface area contributed by atoms with Gasteiger partial charge in [0.2, 0.25) is 10.0 Å². The maximum absolute atomic E-state index is 11.7. The summed E-state index contributed by atoms with van der Waals surface area (Å²) in [6, 6.07) is 8.42. The van der Waals surface area contributed by atoms with Crippen LogP contribution in [0.1, 0.15) is 11.1 Å². The van der Waals surface area contributed by atoms with Crippen LogP contribution in [0.15, 0.2) is 24.3 Å². The van der Waals surface area contributed by atoms with E-state index in [2.05, 4.69) is 4.72 Å². The molecule has 0 aliphatic carbocycles. The Bertz CT molecular complexity index is 537. The van der Waals surface area contributed by atoms with Crippen molar-refractivity contribution in [3.05, 3.63) is 35.4 Å². The second kappa shape index (κ2) is 7.86. The van der Waals surface area contributed by atoms with Gasteiger partial charge in [0.1, 0.15) is 0 Å². The van der Waals surface area contributed by atoms with E-state index in [9.17, 15) is 8.42 Å². The highest BCUT2D eigenvalue weighted by atomic mass is 32.2. The van der Waals surface area contributed by atoms with Crippen LogP contribution in [0.5, 0.6) is 0 Å². The quantitative estimate of drug-likeness (QED) is 0.654. The number of ether oxygens (including phenoxy) is 1. The van der Waals surface area contributed by atoms with E-state index in [1.165, 1.54) is 0 Å². The largest absolute Gasteiger partial charge is 0.394 e. The van der Waals surface area contributed by atoms with E-state index in [4.69, 9.17) is 15.1 Å². The third kappa shape index (κ3) is 6.31. The summed E-state index contributed by atoms with van der Waals surface area (Å²) in [5.41, 5.74) is 0.988. The lowest BCUT2D eigenvalue weighted by Crippen LogP contribution is -2.28. The van der Waals surface area contributed by atoms with E-state index in [1.54, 1.807) is 24.3 Å². The summed E-state index contributed by atoms with van der Waals surface area (Å²) in [5.74, 6) is -0.178. The molecule has 19 heavy (non-hydrogen) atoms. The Balaban J connectivity index is 2.48. The summed E-state index contributed by atoms with van der Waals surface area (Å²) < 4.78 is 30.8. The van der Waals surface area contributed by atoms with Crippen molar-refractivity contribution >= 4 is 10.0 Å². The van der Waals surface area contributed by atoms with Gasteiger partial charge in [0, 0.05) is 6.54 Å². The van der Waals surface area contributed by atoms with Crippen molar-refractivity contribution < 1.29 is 18.3 Å². The topological polar surface area (TPSA) is 99.4 Å². The van der Waals surface area contributed by atoms with E-state index in [0.29, 0.717) is 11.1 Å². The molecule has 2 N–H and O–H groups in total. The Morgan fingerprint density at radius 2 is 2.16 bits per heavy atom. The smallest absolute Gasteiger partial charge is 0.215 e. The average molecular weight is 284 g/mol. The molecule has 1 aromatic rings. The molecule has 1 rings (SSSR count). The number of aliphatic hydroxyl groups excluding tert-OH is 1. The fourth-order valence-corrected chi connectivity index (χ4v) is 2.55. The van der Waals surface area contributed by atoms with Crippen LogP contribution in [0.25, 0.3) is 0 Å². The van der Waals surface area contributed by atoms with Gasteiger partial charge in [-0.1, -0.05) is 12.1 Å². The molecule has 0 fully saturated rings. The zero-order valence-electron chi connectivity index (χ0n) is 10.4. The summed E-state index contributed by atoms with van der Waals surface area (Å²) >= 11 is 0. The number of benzene rings is 1. The zero-order valence-corrected chi connectivity index (χ0v) is 11.2. The molecule has 0 aliphatic heterocycles. The molecule has 1 aromatic carbocycles. The molecule has 0 spiro atoms. The summed E-state index contributed by atoms with van der Waals surface area (Å²) in [6.07, 6.45) is 0. The second-order valence-corrected chi connectivity index (χ2v) is 5.61. The Labute approximate surface area is 112 Å². The van der Waals surface area contributed by atoms with Crippen LogP contribution in [0.3, 0.4) is 0 Å². The fourth-order valence-electron chi connectivity index (χ4n) is 1.44. The minimum Gasteiger partial charge on any atom is -0.394 e. The molecular weight excluding hydrogens is 268 g/mol. The SMILES string of the molecule is N#Cc1cccc(CS(=O)(=O)NCCOCCO)c1. The van der Waals surface area contributed by atoms with Crippen LogP contribution in [-0.2, 0) is 20.5 Å². The molecule has 0 amide bonds. The van der Waals surface area contributed by atoms with Gasteiger partial charge in [0.05, 0.1) is 37.2 Å². The summed E-state index contributed by atoms with van der Waals surface area (Å²) in [6.45, 7) is 0.456. The van der Waals surface area contributed by atoms with Gasteiger partial charge in [-0.25, -0.2) is 13.1 Å². The fraction of sp³-hybridized carbons (Fsp3) is 0.417.